The standard InChI is InChI=1S/C16H12ClNO/c1-19-16-8-4-13(5-9-16)14(11-18)10-12-2-6-15(17)7-3-12/h2-10H,1H3/b14-10+. The van der Waals surface area contributed by atoms with Gasteiger partial charge in [0.25, 0.3) is 0 Å². The maximum Gasteiger partial charge on any atom is 0.118 e. The minimum absolute atomic E-state index is 0.602. The van der Waals surface area contributed by atoms with Gasteiger partial charge in [-0.15, -0.1) is 0 Å². The summed E-state index contributed by atoms with van der Waals surface area (Å²) in [6, 6.07) is 17.0. The molecular weight excluding hydrogens is 258 g/mol. The Balaban J connectivity index is 2.33. The topological polar surface area (TPSA) is 33.0 Å². The molecule has 0 fully saturated rings. The zero-order valence-corrected chi connectivity index (χ0v) is 11.2. The van der Waals surface area contributed by atoms with Gasteiger partial charge in [-0.2, -0.15) is 5.26 Å². The molecule has 0 unspecified atom stereocenters. The highest BCUT2D eigenvalue weighted by Gasteiger charge is 2.01. The second kappa shape index (κ2) is 6.08. The van der Waals surface area contributed by atoms with Crippen LogP contribution in [-0.4, -0.2) is 7.11 Å². The van der Waals surface area contributed by atoms with Gasteiger partial charge in [0.15, 0.2) is 0 Å². The summed E-state index contributed by atoms with van der Waals surface area (Å²) in [5.41, 5.74) is 2.40. The Morgan fingerprint density at radius 2 is 1.74 bits per heavy atom. The van der Waals surface area contributed by atoms with Crippen molar-refractivity contribution < 1.29 is 4.74 Å². The molecule has 0 radical (unpaired) electrons. The van der Waals surface area contributed by atoms with E-state index >= 15 is 0 Å². The molecule has 2 aromatic rings. The maximum absolute atomic E-state index is 9.25. The SMILES string of the molecule is COc1ccc(/C(C#N)=C/c2ccc(Cl)cc2)cc1. The number of methoxy groups -OCH3 is 1. The van der Waals surface area contributed by atoms with E-state index in [0.717, 1.165) is 16.9 Å². The van der Waals surface area contributed by atoms with Gasteiger partial charge >= 0.3 is 0 Å². The van der Waals surface area contributed by atoms with Gasteiger partial charge in [-0.05, 0) is 53.6 Å². The van der Waals surface area contributed by atoms with Crippen molar-refractivity contribution >= 4 is 23.3 Å². The van der Waals surface area contributed by atoms with Crippen molar-refractivity contribution in [3.8, 4) is 11.8 Å². The number of allylic oxidation sites excluding steroid dienone is 1. The molecule has 2 nitrogen and oxygen atoms in total. The lowest BCUT2D eigenvalue weighted by atomic mass is 10.0. The number of rotatable bonds is 3. The minimum Gasteiger partial charge on any atom is -0.497 e. The lowest BCUT2D eigenvalue weighted by Crippen LogP contribution is -1.85. The molecular formula is C16H12ClNO. The van der Waals surface area contributed by atoms with Crippen molar-refractivity contribution in [1.82, 2.24) is 0 Å². The first-order valence-electron chi connectivity index (χ1n) is 5.75. The second-order valence-electron chi connectivity index (χ2n) is 3.95. The molecule has 94 valence electrons. The van der Waals surface area contributed by atoms with Gasteiger partial charge in [-0.25, -0.2) is 0 Å². The van der Waals surface area contributed by atoms with Crippen LogP contribution in [0.4, 0.5) is 0 Å². The van der Waals surface area contributed by atoms with Crippen LogP contribution in [0, 0.1) is 11.3 Å². The Kier molecular flexibility index (Phi) is 4.22. The van der Waals surface area contributed by atoms with Crippen LogP contribution in [0.25, 0.3) is 11.6 Å². The molecule has 3 heteroatoms. The zero-order valence-electron chi connectivity index (χ0n) is 10.4. The highest BCUT2D eigenvalue weighted by molar-refractivity contribution is 6.30. The number of benzene rings is 2. The van der Waals surface area contributed by atoms with Crippen LogP contribution in [0.5, 0.6) is 5.75 Å². The predicted molar refractivity (Wildman–Crippen MR) is 77.9 cm³/mol. The normalized spacial score (nSPS) is 10.9. The molecule has 0 amide bonds. The zero-order chi connectivity index (χ0) is 13.7. The molecule has 0 saturated carbocycles. The molecule has 0 N–H and O–H groups in total. The van der Waals surface area contributed by atoms with Gasteiger partial charge in [0.1, 0.15) is 5.75 Å². The first kappa shape index (κ1) is 13.2. The van der Waals surface area contributed by atoms with Gasteiger partial charge in [-0.3, -0.25) is 0 Å². The van der Waals surface area contributed by atoms with E-state index in [4.69, 9.17) is 16.3 Å². The van der Waals surface area contributed by atoms with E-state index in [9.17, 15) is 5.26 Å². The quantitative estimate of drug-likeness (QED) is 0.611. The summed E-state index contributed by atoms with van der Waals surface area (Å²) in [5.74, 6) is 0.771. The van der Waals surface area contributed by atoms with Crippen molar-refractivity contribution in [2.24, 2.45) is 0 Å². The number of halogens is 1. The van der Waals surface area contributed by atoms with Gasteiger partial charge in [-0.1, -0.05) is 23.7 Å². The molecule has 2 rings (SSSR count). The average Bonchev–Trinajstić information content (AvgIpc) is 2.47. The fourth-order valence-corrected chi connectivity index (χ4v) is 1.80. The van der Waals surface area contributed by atoms with Crippen LogP contribution in [0.3, 0.4) is 0 Å². The molecule has 19 heavy (non-hydrogen) atoms. The first-order chi connectivity index (χ1) is 9.22. The van der Waals surface area contributed by atoms with Gasteiger partial charge < -0.3 is 4.74 Å². The molecule has 0 aromatic heterocycles. The molecule has 0 spiro atoms. The van der Waals surface area contributed by atoms with Crippen LogP contribution >= 0.6 is 11.6 Å². The molecule has 0 heterocycles. The Morgan fingerprint density at radius 1 is 1.11 bits per heavy atom. The minimum atomic E-state index is 0.602. The Bertz CT molecular complexity index is 621. The highest BCUT2D eigenvalue weighted by atomic mass is 35.5. The number of nitriles is 1. The molecule has 0 saturated heterocycles. The summed E-state index contributed by atoms with van der Waals surface area (Å²) in [7, 11) is 1.61. The molecule has 2 aromatic carbocycles. The third-order valence-electron chi connectivity index (χ3n) is 2.70. The summed E-state index contributed by atoms with van der Waals surface area (Å²) in [5, 5.41) is 9.93. The smallest absolute Gasteiger partial charge is 0.118 e. The summed E-state index contributed by atoms with van der Waals surface area (Å²) in [6.45, 7) is 0. The highest BCUT2D eigenvalue weighted by Crippen LogP contribution is 2.21. The molecule has 0 aliphatic rings. The largest absolute Gasteiger partial charge is 0.497 e. The van der Waals surface area contributed by atoms with E-state index in [1.807, 2.05) is 42.5 Å². The summed E-state index contributed by atoms with van der Waals surface area (Å²) >= 11 is 5.83. The van der Waals surface area contributed by atoms with E-state index in [2.05, 4.69) is 6.07 Å². The van der Waals surface area contributed by atoms with Crippen LogP contribution < -0.4 is 4.74 Å². The molecule has 0 atom stereocenters. The van der Waals surface area contributed by atoms with E-state index < -0.39 is 0 Å². The van der Waals surface area contributed by atoms with E-state index in [-0.39, 0.29) is 0 Å². The monoisotopic (exact) mass is 269 g/mol. The van der Waals surface area contributed by atoms with Crippen LogP contribution in [0.2, 0.25) is 5.02 Å². The number of nitrogens with zero attached hydrogens (tertiary/aromatic N) is 1. The maximum atomic E-state index is 9.25. The third kappa shape index (κ3) is 3.37. The van der Waals surface area contributed by atoms with E-state index in [1.165, 1.54) is 0 Å². The van der Waals surface area contributed by atoms with Gasteiger partial charge in [0.2, 0.25) is 0 Å². The summed E-state index contributed by atoms with van der Waals surface area (Å²) < 4.78 is 5.10. The van der Waals surface area contributed by atoms with E-state index in [0.29, 0.717) is 10.6 Å². The predicted octanol–water partition coefficient (Wildman–Crippen LogP) is 4.41. The summed E-state index contributed by atoms with van der Waals surface area (Å²) in [6.07, 6.45) is 1.83. The third-order valence-corrected chi connectivity index (χ3v) is 2.95. The second-order valence-corrected chi connectivity index (χ2v) is 4.39. The fourth-order valence-electron chi connectivity index (χ4n) is 1.68. The van der Waals surface area contributed by atoms with Crippen molar-refractivity contribution in [2.45, 2.75) is 0 Å². The lowest BCUT2D eigenvalue weighted by molar-refractivity contribution is 0.415. The van der Waals surface area contributed by atoms with Crippen molar-refractivity contribution in [3.05, 3.63) is 64.7 Å². The van der Waals surface area contributed by atoms with Gasteiger partial charge in [0, 0.05) is 5.02 Å². The molecule has 0 aliphatic carbocycles. The van der Waals surface area contributed by atoms with E-state index in [1.54, 1.807) is 19.2 Å². The Hall–Kier alpha value is -2.24. The first-order valence-corrected chi connectivity index (χ1v) is 6.12. The van der Waals surface area contributed by atoms with Gasteiger partial charge in [0.05, 0.1) is 18.8 Å². The van der Waals surface area contributed by atoms with Crippen molar-refractivity contribution in [3.63, 3.8) is 0 Å². The Labute approximate surface area is 117 Å². The van der Waals surface area contributed by atoms with Crippen molar-refractivity contribution in [2.75, 3.05) is 7.11 Å². The molecule has 0 aliphatic heterocycles. The van der Waals surface area contributed by atoms with Crippen molar-refractivity contribution in [1.29, 1.82) is 5.26 Å². The Morgan fingerprint density at radius 3 is 2.26 bits per heavy atom. The van der Waals surface area contributed by atoms with Crippen LogP contribution in [0.1, 0.15) is 11.1 Å². The number of hydrogen-bond donors (Lipinski definition) is 0. The average molecular weight is 270 g/mol. The van der Waals surface area contributed by atoms with Crippen LogP contribution in [0.15, 0.2) is 48.5 Å². The van der Waals surface area contributed by atoms with Crippen LogP contribution in [-0.2, 0) is 0 Å². The fraction of sp³-hybridized carbons (Fsp3) is 0.0625. The molecule has 0 bridgehead atoms. The number of hydrogen-bond acceptors (Lipinski definition) is 2. The lowest BCUT2D eigenvalue weighted by Gasteiger charge is -2.02. The number of ether oxygens (including phenoxy) is 1. The summed E-state index contributed by atoms with van der Waals surface area (Å²) in [4.78, 5) is 0.